The first-order valence-corrected chi connectivity index (χ1v) is 4.41. The van der Waals surface area contributed by atoms with E-state index >= 15 is 0 Å². The first-order chi connectivity index (χ1) is 7.75. The summed E-state index contributed by atoms with van der Waals surface area (Å²) in [5.41, 5.74) is 6.42. The van der Waals surface area contributed by atoms with Crippen LogP contribution in [0.2, 0.25) is 0 Å². The Morgan fingerprint density at radius 2 is 2.06 bits per heavy atom. The van der Waals surface area contributed by atoms with Crippen LogP contribution in [0.4, 0.5) is 0 Å². The second-order valence-electron chi connectivity index (χ2n) is 2.93. The van der Waals surface area contributed by atoms with Gasteiger partial charge in [-0.1, -0.05) is 5.92 Å². The van der Waals surface area contributed by atoms with Gasteiger partial charge in [0.1, 0.15) is 0 Å². The number of primary amides is 1. The van der Waals surface area contributed by atoms with Crippen LogP contribution in [0.15, 0.2) is 24.3 Å². The lowest BCUT2D eigenvalue weighted by Crippen LogP contribution is -2.06. The van der Waals surface area contributed by atoms with E-state index in [1.54, 1.807) is 24.3 Å². The number of tetrazole rings is 1. The lowest BCUT2D eigenvalue weighted by molar-refractivity contribution is -0.112. The molecule has 0 fully saturated rings. The Hall–Kier alpha value is -2.68. The van der Waals surface area contributed by atoms with Gasteiger partial charge in [0.05, 0.1) is 0 Å². The average molecular weight is 213 g/mol. The fourth-order valence-corrected chi connectivity index (χ4v) is 1.12. The van der Waals surface area contributed by atoms with Crippen molar-refractivity contribution < 1.29 is 4.79 Å². The monoisotopic (exact) mass is 213 g/mol. The van der Waals surface area contributed by atoms with Crippen molar-refractivity contribution in [3.05, 3.63) is 29.8 Å². The summed E-state index contributed by atoms with van der Waals surface area (Å²) in [5, 5.41) is 13.5. The van der Waals surface area contributed by atoms with Gasteiger partial charge >= 0.3 is 0 Å². The number of rotatable bonds is 1. The number of nitrogens with zero attached hydrogens (tertiary/aromatic N) is 3. The average Bonchev–Trinajstić information content (AvgIpc) is 2.80. The fraction of sp³-hybridized carbons (Fsp3) is 0. The topological polar surface area (TPSA) is 97.5 Å². The van der Waals surface area contributed by atoms with Crippen LogP contribution in [-0.2, 0) is 4.79 Å². The van der Waals surface area contributed by atoms with Crippen LogP contribution < -0.4 is 5.73 Å². The quantitative estimate of drug-likeness (QED) is 0.635. The van der Waals surface area contributed by atoms with Gasteiger partial charge in [-0.25, -0.2) is 0 Å². The molecule has 2 rings (SSSR count). The second kappa shape index (κ2) is 4.23. The van der Waals surface area contributed by atoms with Gasteiger partial charge in [0, 0.05) is 11.1 Å². The van der Waals surface area contributed by atoms with Crippen molar-refractivity contribution in [2.45, 2.75) is 0 Å². The maximum atomic E-state index is 10.4. The van der Waals surface area contributed by atoms with Crippen LogP contribution in [0.3, 0.4) is 0 Å². The Morgan fingerprint density at radius 1 is 1.31 bits per heavy atom. The van der Waals surface area contributed by atoms with Crippen molar-refractivity contribution >= 4 is 5.91 Å². The summed E-state index contributed by atoms with van der Waals surface area (Å²) >= 11 is 0. The molecule has 0 saturated carbocycles. The molecule has 0 aliphatic carbocycles. The smallest absolute Gasteiger partial charge is 0.293 e. The van der Waals surface area contributed by atoms with Crippen molar-refractivity contribution in [1.29, 1.82) is 0 Å². The predicted molar refractivity (Wildman–Crippen MR) is 55.7 cm³/mol. The van der Waals surface area contributed by atoms with E-state index in [9.17, 15) is 4.79 Å². The third kappa shape index (κ3) is 2.22. The maximum Gasteiger partial charge on any atom is 0.293 e. The zero-order chi connectivity index (χ0) is 11.4. The number of carbonyl (C=O) groups excluding carboxylic acids is 1. The summed E-state index contributed by atoms with van der Waals surface area (Å²) in [6, 6.07) is 7.08. The van der Waals surface area contributed by atoms with E-state index < -0.39 is 5.91 Å². The molecule has 78 valence electrons. The summed E-state index contributed by atoms with van der Waals surface area (Å²) in [6.07, 6.45) is 0. The van der Waals surface area contributed by atoms with Crippen LogP contribution in [0.25, 0.3) is 11.4 Å². The number of benzene rings is 1. The van der Waals surface area contributed by atoms with Crippen molar-refractivity contribution in [2.24, 2.45) is 5.73 Å². The van der Waals surface area contributed by atoms with E-state index in [0.717, 1.165) is 5.56 Å². The number of aromatic nitrogens is 4. The van der Waals surface area contributed by atoms with Gasteiger partial charge in [-0.05, 0) is 35.4 Å². The van der Waals surface area contributed by atoms with Crippen molar-refractivity contribution in [3.63, 3.8) is 0 Å². The molecule has 3 N–H and O–H groups in total. The van der Waals surface area contributed by atoms with Gasteiger partial charge in [0.15, 0.2) is 0 Å². The van der Waals surface area contributed by atoms with Gasteiger partial charge < -0.3 is 5.73 Å². The predicted octanol–water partition coefficient (Wildman–Crippen LogP) is -0.297. The minimum atomic E-state index is -0.651. The number of hydrogen-bond donors (Lipinski definition) is 2. The SMILES string of the molecule is NC(=O)C#Cc1ccc(-c2nn[nH]n2)cc1. The summed E-state index contributed by atoms with van der Waals surface area (Å²) in [4.78, 5) is 10.4. The zero-order valence-electron chi connectivity index (χ0n) is 8.14. The molecule has 0 radical (unpaired) electrons. The molecule has 1 heterocycles. The highest BCUT2D eigenvalue weighted by molar-refractivity contribution is 5.92. The van der Waals surface area contributed by atoms with Crippen LogP contribution >= 0.6 is 0 Å². The molecule has 16 heavy (non-hydrogen) atoms. The highest BCUT2D eigenvalue weighted by atomic mass is 16.1. The highest BCUT2D eigenvalue weighted by Gasteiger charge is 2.00. The minimum absolute atomic E-state index is 0.509. The lowest BCUT2D eigenvalue weighted by Gasteiger charge is -1.93. The van der Waals surface area contributed by atoms with Crippen molar-refractivity contribution in [3.8, 4) is 23.2 Å². The van der Waals surface area contributed by atoms with E-state index in [2.05, 4.69) is 32.5 Å². The van der Waals surface area contributed by atoms with Crippen LogP contribution in [0, 0.1) is 11.8 Å². The molecule has 0 bridgehead atoms. The van der Waals surface area contributed by atoms with Crippen LogP contribution in [0.1, 0.15) is 5.56 Å². The summed E-state index contributed by atoms with van der Waals surface area (Å²) in [5.74, 6) is 4.74. The third-order valence-corrected chi connectivity index (χ3v) is 1.82. The maximum absolute atomic E-state index is 10.4. The molecule has 6 heteroatoms. The third-order valence-electron chi connectivity index (χ3n) is 1.82. The molecule has 1 aromatic carbocycles. The van der Waals surface area contributed by atoms with Gasteiger partial charge in [-0.15, -0.1) is 10.2 Å². The molecule has 0 aliphatic rings. The summed E-state index contributed by atoms with van der Waals surface area (Å²) < 4.78 is 0. The Kier molecular flexibility index (Phi) is 2.61. The van der Waals surface area contributed by atoms with Gasteiger partial charge in [-0.2, -0.15) is 5.21 Å². The Labute approximate surface area is 90.9 Å². The highest BCUT2D eigenvalue weighted by Crippen LogP contribution is 2.13. The van der Waals surface area contributed by atoms with E-state index in [1.807, 2.05) is 0 Å². The number of aromatic amines is 1. The number of nitrogens with two attached hydrogens (primary N) is 1. The molecule has 0 unspecified atom stereocenters. The van der Waals surface area contributed by atoms with Crippen LogP contribution in [-0.4, -0.2) is 26.5 Å². The molecule has 6 nitrogen and oxygen atoms in total. The molecule has 1 aromatic heterocycles. The number of carbonyl (C=O) groups is 1. The molecule has 0 saturated heterocycles. The number of nitrogens with one attached hydrogen (secondary N) is 1. The Balaban J connectivity index is 2.24. The second-order valence-corrected chi connectivity index (χ2v) is 2.93. The Bertz CT molecular complexity index is 547. The zero-order valence-corrected chi connectivity index (χ0v) is 8.14. The first-order valence-electron chi connectivity index (χ1n) is 4.41. The first kappa shape index (κ1) is 9.86. The van der Waals surface area contributed by atoms with Crippen molar-refractivity contribution in [1.82, 2.24) is 20.6 Å². The molecule has 2 aromatic rings. The molecular formula is C10H7N5O. The normalized spacial score (nSPS) is 9.25. The Morgan fingerprint density at radius 3 is 2.62 bits per heavy atom. The van der Waals surface area contributed by atoms with Crippen LogP contribution in [0.5, 0.6) is 0 Å². The number of amides is 1. The van der Waals surface area contributed by atoms with Gasteiger partial charge in [0.25, 0.3) is 5.91 Å². The number of H-pyrrole nitrogens is 1. The van der Waals surface area contributed by atoms with E-state index in [4.69, 9.17) is 5.73 Å². The molecule has 0 atom stereocenters. The molecule has 1 amide bonds. The summed E-state index contributed by atoms with van der Waals surface area (Å²) in [6.45, 7) is 0. The summed E-state index contributed by atoms with van der Waals surface area (Å²) in [7, 11) is 0. The molecule has 0 aliphatic heterocycles. The van der Waals surface area contributed by atoms with E-state index in [-0.39, 0.29) is 0 Å². The van der Waals surface area contributed by atoms with Gasteiger partial charge in [-0.3, -0.25) is 4.79 Å². The largest absolute Gasteiger partial charge is 0.359 e. The van der Waals surface area contributed by atoms with E-state index in [1.165, 1.54) is 0 Å². The molecular weight excluding hydrogens is 206 g/mol. The number of hydrogen-bond acceptors (Lipinski definition) is 4. The lowest BCUT2D eigenvalue weighted by atomic mass is 10.1. The fourth-order valence-electron chi connectivity index (χ4n) is 1.12. The van der Waals surface area contributed by atoms with Crippen molar-refractivity contribution in [2.75, 3.05) is 0 Å². The van der Waals surface area contributed by atoms with E-state index in [0.29, 0.717) is 11.4 Å². The molecule has 0 spiro atoms. The minimum Gasteiger partial charge on any atom is -0.359 e. The standard InChI is InChI=1S/C10H7N5O/c11-9(16)6-3-7-1-4-8(5-2-7)10-12-14-15-13-10/h1-2,4-5H,(H2,11,16)(H,12,13,14,15). The van der Waals surface area contributed by atoms with Gasteiger partial charge in [0.2, 0.25) is 5.82 Å².